The molecule has 1 aliphatic heterocycles. The molecule has 1 atom stereocenters. The van der Waals surface area contributed by atoms with Gasteiger partial charge in [-0.3, -0.25) is 5.41 Å². The van der Waals surface area contributed by atoms with Crippen LogP contribution in [0.3, 0.4) is 0 Å². The third-order valence-corrected chi connectivity index (χ3v) is 3.57. The SMILES string of the molecule is CN(Cc1ccccc1C(=N)N)CC1CCCOC1. The second-order valence-corrected chi connectivity index (χ2v) is 5.35. The number of rotatable bonds is 5. The van der Waals surface area contributed by atoms with E-state index < -0.39 is 0 Å². The number of hydrogen-bond donors (Lipinski definition) is 2. The molecule has 4 nitrogen and oxygen atoms in total. The van der Waals surface area contributed by atoms with E-state index >= 15 is 0 Å². The van der Waals surface area contributed by atoms with Crippen molar-refractivity contribution in [3.05, 3.63) is 35.4 Å². The average Bonchev–Trinajstić information content (AvgIpc) is 2.40. The Balaban J connectivity index is 1.94. The van der Waals surface area contributed by atoms with E-state index in [2.05, 4.69) is 11.9 Å². The summed E-state index contributed by atoms with van der Waals surface area (Å²) < 4.78 is 5.51. The molecule has 0 saturated carbocycles. The second kappa shape index (κ2) is 6.68. The van der Waals surface area contributed by atoms with E-state index in [4.69, 9.17) is 15.9 Å². The number of benzene rings is 1. The standard InChI is InChI=1S/C15H23N3O/c1-18(9-12-5-4-8-19-11-12)10-13-6-2-3-7-14(13)15(16)17/h2-3,6-7,12H,4-5,8-11H2,1H3,(H3,16,17). The van der Waals surface area contributed by atoms with E-state index in [0.29, 0.717) is 5.92 Å². The number of nitrogens with zero attached hydrogens (tertiary/aromatic N) is 1. The molecule has 0 aromatic heterocycles. The van der Waals surface area contributed by atoms with Gasteiger partial charge in [-0.25, -0.2) is 0 Å². The average molecular weight is 261 g/mol. The highest BCUT2D eigenvalue weighted by Gasteiger charge is 2.16. The molecule has 1 heterocycles. The normalized spacial score (nSPS) is 19.6. The summed E-state index contributed by atoms with van der Waals surface area (Å²) in [7, 11) is 2.12. The summed E-state index contributed by atoms with van der Waals surface area (Å²) in [5.74, 6) is 0.772. The molecular formula is C15H23N3O. The first-order chi connectivity index (χ1) is 9.16. The van der Waals surface area contributed by atoms with Gasteiger partial charge in [0.2, 0.25) is 0 Å². The van der Waals surface area contributed by atoms with Crippen LogP contribution in [0.2, 0.25) is 0 Å². The lowest BCUT2D eigenvalue weighted by Gasteiger charge is -2.27. The van der Waals surface area contributed by atoms with E-state index in [1.54, 1.807) is 0 Å². The Morgan fingerprint density at radius 2 is 2.26 bits per heavy atom. The highest BCUT2D eigenvalue weighted by molar-refractivity contribution is 5.96. The molecule has 1 aromatic rings. The zero-order valence-corrected chi connectivity index (χ0v) is 11.6. The van der Waals surface area contributed by atoms with E-state index in [-0.39, 0.29) is 5.84 Å². The monoisotopic (exact) mass is 261 g/mol. The van der Waals surface area contributed by atoms with Gasteiger partial charge in [-0.05, 0) is 31.4 Å². The van der Waals surface area contributed by atoms with Gasteiger partial charge in [-0.15, -0.1) is 0 Å². The Labute approximate surface area is 115 Å². The van der Waals surface area contributed by atoms with Gasteiger partial charge in [0.1, 0.15) is 5.84 Å². The maximum absolute atomic E-state index is 7.61. The molecule has 0 amide bonds. The molecule has 2 rings (SSSR count). The van der Waals surface area contributed by atoms with Crippen LogP contribution in [-0.2, 0) is 11.3 Å². The molecule has 19 heavy (non-hydrogen) atoms. The van der Waals surface area contributed by atoms with E-state index in [9.17, 15) is 0 Å². The molecule has 4 heteroatoms. The molecule has 104 valence electrons. The van der Waals surface area contributed by atoms with Crippen LogP contribution in [0, 0.1) is 11.3 Å². The maximum Gasteiger partial charge on any atom is 0.123 e. The zero-order chi connectivity index (χ0) is 13.7. The van der Waals surface area contributed by atoms with Crippen molar-refractivity contribution in [3.63, 3.8) is 0 Å². The van der Waals surface area contributed by atoms with Crippen molar-refractivity contribution in [1.29, 1.82) is 5.41 Å². The third-order valence-electron chi connectivity index (χ3n) is 3.57. The number of hydrogen-bond acceptors (Lipinski definition) is 3. The number of nitrogens with two attached hydrogens (primary N) is 1. The summed E-state index contributed by atoms with van der Waals surface area (Å²) in [6.45, 7) is 3.64. The maximum atomic E-state index is 7.61. The predicted molar refractivity (Wildman–Crippen MR) is 77.3 cm³/mol. The van der Waals surface area contributed by atoms with Crippen molar-refractivity contribution in [1.82, 2.24) is 4.90 Å². The fourth-order valence-corrected chi connectivity index (χ4v) is 2.67. The minimum atomic E-state index is 0.144. The van der Waals surface area contributed by atoms with E-state index in [0.717, 1.165) is 37.4 Å². The number of nitrogens with one attached hydrogen (secondary N) is 1. The van der Waals surface area contributed by atoms with Crippen molar-refractivity contribution in [3.8, 4) is 0 Å². The first-order valence-corrected chi connectivity index (χ1v) is 6.85. The number of nitrogen functional groups attached to an aromatic ring is 1. The number of ether oxygens (including phenoxy) is 1. The molecule has 1 aliphatic rings. The summed E-state index contributed by atoms with van der Waals surface area (Å²) in [4.78, 5) is 2.29. The summed E-state index contributed by atoms with van der Waals surface area (Å²) in [6.07, 6.45) is 2.42. The Hall–Kier alpha value is -1.39. The third kappa shape index (κ3) is 4.04. The van der Waals surface area contributed by atoms with Crippen LogP contribution in [0.1, 0.15) is 24.0 Å². The van der Waals surface area contributed by atoms with E-state index in [1.807, 2.05) is 24.3 Å². The molecule has 3 N–H and O–H groups in total. The highest BCUT2D eigenvalue weighted by atomic mass is 16.5. The first kappa shape index (κ1) is 14.0. The Kier molecular flexibility index (Phi) is 4.93. The smallest absolute Gasteiger partial charge is 0.123 e. The van der Waals surface area contributed by atoms with Crippen molar-refractivity contribution >= 4 is 5.84 Å². The quantitative estimate of drug-likeness (QED) is 0.628. The minimum Gasteiger partial charge on any atom is -0.384 e. The molecule has 0 spiro atoms. The van der Waals surface area contributed by atoms with Crippen LogP contribution >= 0.6 is 0 Å². The van der Waals surface area contributed by atoms with Gasteiger partial charge < -0.3 is 15.4 Å². The van der Waals surface area contributed by atoms with Crippen LogP contribution in [0.15, 0.2) is 24.3 Å². The van der Waals surface area contributed by atoms with Gasteiger partial charge in [-0.1, -0.05) is 24.3 Å². The molecular weight excluding hydrogens is 238 g/mol. The van der Waals surface area contributed by atoms with Gasteiger partial charge in [0.25, 0.3) is 0 Å². The Bertz CT molecular complexity index is 427. The van der Waals surface area contributed by atoms with Crippen molar-refractivity contribution in [2.45, 2.75) is 19.4 Å². The van der Waals surface area contributed by atoms with Gasteiger partial charge >= 0.3 is 0 Å². The lowest BCUT2D eigenvalue weighted by Crippen LogP contribution is -2.31. The van der Waals surface area contributed by atoms with Crippen molar-refractivity contribution in [2.75, 3.05) is 26.8 Å². The summed E-state index contributed by atoms with van der Waals surface area (Å²) in [6, 6.07) is 7.88. The van der Waals surface area contributed by atoms with Crippen molar-refractivity contribution in [2.24, 2.45) is 11.7 Å². The molecule has 0 bridgehead atoms. The van der Waals surface area contributed by atoms with E-state index in [1.165, 1.54) is 12.8 Å². The lowest BCUT2D eigenvalue weighted by molar-refractivity contribution is 0.0411. The molecule has 1 saturated heterocycles. The lowest BCUT2D eigenvalue weighted by atomic mass is 10.0. The van der Waals surface area contributed by atoms with Gasteiger partial charge in [0.15, 0.2) is 0 Å². The van der Waals surface area contributed by atoms with Crippen LogP contribution in [0.5, 0.6) is 0 Å². The van der Waals surface area contributed by atoms with Gasteiger partial charge in [-0.2, -0.15) is 0 Å². The molecule has 0 radical (unpaired) electrons. The van der Waals surface area contributed by atoms with Crippen molar-refractivity contribution < 1.29 is 4.74 Å². The minimum absolute atomic E-state index is 0.144. The van der Waals surface area contributed by atoms with Gasteiger partial charge in [0, 0.05) is 25.3 Å². The highest BCUT2D eigenvalue weighted by Crippen LogP contribution is 2.16. The molecule has 1 unspecified atom stereocenters. The topological polar surface area (TPSA) is 62.3 Å². The molecule has 1 fully saturated rings. The molecule has 1 aromatic carbocycles. The largest absolute Gasteiger partial charge is 0.384 e. The fraction of sp³-hybridized carbons (Fsp3) is 0.533. The van der Waals surface area contributed by atoms with Crippen LogP contribution in [0.25, 0.3) is 0 Å². The van der Waals surface area contributed by atoms with Gasteiger partial charge in [0.05, 0.1) is 6.61 Å². The predicted octanol–water partition coefficient (Wildman–Crippen LogP) is 1.83. The Morgan fingerprint density at radius 3 is 2.95 bits per heavy atom. The summed E-state index contributed by atoms with van der Waals surface area (Å²) in [5, 5.41) is 7.61. The van der Waals surface area contributed by atoms with Crippen LogP contribution in [-0.4, -0.2) is 37.5 Å². The summed E-state index contributed by atoms with van der Waals surface area (Å²) >= 11 is 0. The Morgan fingerprint density at radius 1 is 1.47 bits per heavy atom. The number of amidine groups is 1. The fourth-order valence-electron chi connectivity index (χ4n) is 2.67. The van der Waals surface area contributed by atoms with Crippen LogP contribution < -0.4 is 5.73 Å². The molecule has 0 aliphatic carbocycles. The van der Waals surface area contributed by atoms with Crippen LogP contribution in [0.4, 0.5) is 0 Å². The zero-order valence-electron chi connectivity index (χ0n) is 11.6. The first-order valence-electron chi connectivity index (χ1n) is 6.85. The summed E-state index contributed by atoms with van der Waals surface area (Å²) in [5.41, 5.74) is 7.58. The second-order valence-electron chi connectivity index (χ2n) is 5.35.